The van der Waals surface area contributed by atoms with Gasteiger partial charge >= 0.3 is 0 Å². The molecular formula is C68H67N3. The van der Waals surface area contributed by atoms with Crippen LogP contribution >= 0.6 is 0 Å². The maximum Gasteiger partial charge on any atom is 0.0621 e. The quantitative estimate of drug-likeness (QED) is 0.121. The first-order valence-corrected chi connectivity index (χ1v) is 26.4. The Morgan fingerprint density at radius 2 is 0.887 bits per heavy atom. The van der Waals surface area contributed by atoms with Gasteiger partial charge in [0.15, 0.2) is 0 Å². The standard InChI is InChI=1S/C68H67N3/c1-11-13-19-46-21-17-24-49(37-46)69(53-33-42(3)31-43(4)34-53)51-27-29-56-59(40-51)67(7,8)65-61(56)58-39-48-23-15-16-26-55(48)62-63-57-30-28-52(41-60(57)68(9,10)66(63)71(65)64(58)62)70(54-35-44(5)32-45(6)36-54)50-25-18-22-47(38-50)20-14-12-2/h15-18,21-41H,11-14,19-20H2,1-10H3. The molecule has 0 bridgehead atoms. The van der Waals surface area contributed by atoms with Crippen LogP contribution in [0.4, 0.5) is 34.1 Å². The lowest BCUT2D eigenvalue weighted by atomic mass is 9.83. The third kappa shape index (κ3) is 7.05. The first-order chi connectivity index (χ1) is 34.3. The molecule has 0 atom stereocenters. The van der Waals surface area contributed by atoms with Crippen molar-refractivity contribution in [2.24, 2.45) is 0 Å². The van der Waals surface area contributed by atoms with Crippen molar-refractivity contribution < 1.29 is 0 Å². The molecule has 0 saturated heterocycles. The third-order valence-electron chi connectivity index (χ3n) is 16.2. The number of unbranched alkanes of at least 4 members (excludes halogenated alkanes) is 2. The molecule has 0 N–H and O–H groups in total. The van der Waals surface area contributed by atoms with Gasteiger partial charge in [0.1, 0.15) is 0 Å². The number of rotatable bonds is 12. The van der Waals surface area contributed by atoms with Crippen LogP contribution in [0.5, 0.6) is 0 Å². The normalized spacial score (nSPS) is 14.1. The molecule has 0 radical (unpaired) electrons. The Balaban J connectivity index is 1.06. The van der Waals surface area contributed by atoms with Gasteiger partial charge in [0, 0.05) is 78.2 Å². The number of aromatic nitrogens is 1. The molecule has 12 rings (SSSR count). The van der Waals surface area contributed by atoms with Gasteiger partial charge in [-0.05, 0) is 199 Å². The molecule has 2 aromatic heterocycles. The molecule has 2 heterocycles. The monoisotopic (exact) mass is 926 g/mol. The maximum absolute atomic E-state index is 2.76. The molecule has 8 aromatic carbocycles. The zero-order valence-electron chi connectivity index (χ0n) is 43.5. The van der Waals surface area contributed by atoms with Gasteiger partial charge < -0.3 is 14.2 Å². The number of aryl methyl sites for hydroxylation is 6. The van der Waals surface area contributed by atoms with Crippen LogP contribution < -0.4 is 9.80 Å². The smallest absolute Gasteiger partial charge is 0.0621 e. The second kappa shape index (κ2) is 16.8. The highest BCUT2D eigenvalue weighted by atomic mass is 15.1. The molecule has 71 heavy (non-hydrogen) atoms. The molecule has 0 fully saturated rings. The fourth-order valence-corrected chi connectivity index (χ4v) is 13.1. The van der Waals surface area contributed by atoms with Gasteiger partial charge in [0.25, 0.3) is 0 Å². The minimum atomic E-state index is -0.309. The van der Waals surface area contributed by atoms with Crippen molar-refractivity contribution in [1.29, 1.82) is 0 Å². The number of hydrogen-bond acceptors (Lipinski definition) is 2. The fraction of sp³-hybridized carbons (Fsp3) is 0.265. The highest BCUT2D eigenvalue weighted by Crippen LogP contribution is 2.62. The van der Waals surface area contributed by atoms with Crippen molar-refractivity contribution in [2.75, 3.05) is 9.80 Å². The van der Waals surface area contributed by atoms with Crippen LogP contribution in [0, 0.1) is 27.7 Å². The van der Waals surface area contributed by atoms with E-state index in [1.807, 2.05) is 0 Å². The molecule has 3 nitrogen and oxygen atoms in total. The molecule has 0 unspecified atom stereocenters. The van der Waals surface area contributed by atoms with E-state index in [4.69, 9.17) is 0 Å². The van der Waals surface area contributed by atoms with E-state index in [-0.39, 0.29) is 10.8 Å². The van der Waals surface area contributed by atoms with E-state index >= 15 is 0 Å². The first-order valence-electron chi connectivity index (χ1n) is 26.4. The summed E-state index contributed by atoms with van der Waals surface area (Å²) < 4.78 is 2.76. The molecule has 0 amide bonds. The predicted octanol–water partition coefficient (Wildman–Crippen LogP) is 19.2. The zero-order valence-corrected chi connectivity index (χ0v) is 43.5. The summed E-state index contributed by atoms with van der Waals surface area (Å²) in [6, 6.07) is 58.8. The average Bonchev–Trinajstić information content (AvgIpc) is 4.01. The van der Waals surface area contributed by atoms with Crippen LogP contribution in [0.25, 0.3) is 49.3 Å². The number of fused-ring (bicyclic) bond motifs is 12. The second-order valence-electron chi connectivity index (χ2n) is 22.3. The molecule has 3 heteroatoms. The largest absolute Gasteiger partial charge is 0.314 e. The zero-order chi connectivity index (χ0) is 49.1. The van der Waals surface area contributed by atoms with Gasteiger partial charge in [0.05, 0.1) is 5.52 Å². The lowest BCUT2D eigenvalue weighted by molar-refractivity contribution is 0.588. The third-order valence-corrected chi connectivity index (χ3v) is 16.2. The summed E-state index contributed by atoms with van der Waals surface area (Å²) in [7, 11) is 0. The molecule has 0 saturated carbocycles. The summed E-state index contributed by atoms with van der Waals surface area (Å²) in [4.78, 5) is 5.01. The lowest BCUT2D eigenvalue weighted by Gasteiger charge is -2.30. The van der Waals surface area contributed by atoms with Crippen molar-refractivity contribution in [1.82, 2.24) is 4.40 Å². The maximum atomic E-state index is 2.76. The van der Waals surface area contributed by atoms with Crippen LogP contribution in [0.2, 0.25) is 0 Å². The number of nitrogens with zero attached hydrogens (tertiary/aromatic N) is 3. The average molecular weight is 926 g/mol. The topological polar surface area (TPSA) is 10.9 Å². The SMILES string of the molecule is CCCCc1cccc(N(c2cc(C)cc(C)c2)c2ccc3c(c2)C(C)(C)c2c-3c3cc4ccccc4c4c5c(n2c34)C(C)(C)c2cc(N(c3cc(C)cc(C)c3)c3cccc(CCCC)c3)ccc2-5)c1. The predicted molar refractivity (Wildman–Crippen MR) is 304 cm³/mol. The Morgan fingerprint density at radius 1 is 0.423 bits per heavy atom. The number of anilines is 6. The van der Waals surface area contributed by atoms with Gasteiger partial charge in [-0.25, -0.2) is 0 Å². The number of hydrogen-bond donors (Lipinski definition) is 0. The van der Waals surface area contributed by atoms with E-state index in [9.17, 15) is 0 Å². The summed E-state index contributed by atoms with van der Waals surface area (Å²) in [6.07, 6.45) is 6.91. The highest BCUT2D eigenvalue weighted by Gasteiger charge is 2.48. The fourth-order valence-electron chi connectivity index (χ4n) is 13.1. The van der Waals surface area contributed by atoms with Gasteiger partial charge in [-0.1, -0.05) is 127 Å². The van der Waals surface area contributed by atoms with Crippen LogP contribution in [0.1, 0.15) is 123 Å². The second-order valence-corrected chi connectivity index (χ2v) is 22.3. The molecule has 0 spiro atoms. The van der Waals surface area contributed by atoms with E-state index in [1.54, 1.807) is 0 Å². The van der Waals surface area contributed by atoms with Gasteiger partial charge in [0.2, 0.25) is 0 Å². The van der Waals surface area contributed by atoms with Gasteiger partial charge in [-0.2, -0.15) is 0 Å². The van der Waals surface area contributed by atoms with Crippen LogP contribution in [-0.4, -0.2) is 4.40 Å². The Morgan fingerprint density at radius 3 is 1.39 bits per heavy atom. The first kappa shape index (κ1) is 45.1. The van der Waals surface area contributed by atoms with Crippen molar-refractivity contribution in [3.05, 3.63) is 208 Å². The lowest BCUT2D eigenvalue weighted by Crippen LogP contribution is -2.23. The molecule has 354 valence electrons. The molecule has 2 aliphatic rings. The summed E-state index contributed by atoms with van der Waals surface area (Å²) in [5, 5.41) is 5.36. The molecule has 0 aliphatic heterocycles. The Bertz CT molecular complexity index is 3700. The van der Waals surface area contributed by atoms with Gasteiger partial charge in [-0.3, -0.25) is 0 Å². The summed E-state index contributed by atoms with van der Waals surface area (Å²) in [5.74, 6) is 0. The molecule has 2 aliphatic carbocycles. The van der Waals surface area contributed by atoms with E-state index in [1.165, 1.54) is 165 Å². The number of benzene rings is 8. The summed E-state index contributed by atoms with van der Waals surface area (Å²) in [6.45, 7) is 23.4. The van der Waals surface area contributed by atoms with Crippen molar-refractivity contribution in [2.45, 2.75) is 119 Å². The Labute approximate surface area is 421 Å². The van der Waals surface area contributed by atoms with Crippen LogP contribution in [0.3, 0.4) is 0 Å². The summed E-state index contributed by atoms with van der Waals surface area (Å²) >= 11 is 0. The molecule has 10 aromatic rings. The van der Waals surface area contributed by atoms with Crippen molar-refractivity contribution >= 4 is 61.2 Å². The van der Waals surface area contributed by atoms with Crippen molar-refractivity contribution in [3.8, 4) is 22.3 Å². The van der Waals surface area contributed by atoms with Crippen molar-refractivity contribution in [3.63, 3.8) is 0 Å². The minimum absolute atomic E-state index is 0.304. The Hall–Kier alpha value is -7.10. The van der Waals surface area contributed by atoms with E-state index in [0.29, 0.717) is 0 Å². The van der Waals surface area contributed by atoms with E-state index in [2.05, 4.69) is 235 Å². The van der Waals surface area contributed by atoms with Crippen LogP contribution in [0.15, 0.2) is 152 Å². The van der Waals surface area contributed by atoms with E-state index < -0.39 is 0 Å². The molecular weight excluding hydrogens is 859 g/mol. The van der Waals surface area contributed by atoms with E-state index in [0.717, 1.165) is 12.8 Å². The minimum Gasteiger partial charge on any atom is -0.314 e. The highest BCUT2D eigenvalue weighted by molar-refractivity contribution is 6.26. The van der Waals surface area contributed by atoms with Gasteiger partial charge in [-0.15, -0.1) is 0 Å². The summed E-state index contributed by atoms with van der Waals surface area (Å²) in [5.41, 5.74) is 26.9. The van der Waals surface area contributed by atoms with Crippen LogP contribution in [-0.2, 0) is 23.7 Å². The Kier molecular flexibility index (Phi) is 10.6.